The van der Waals surface area contributed by atoms with Crippen LogP contribution < -0.4 is 0 Å². The van der Waals surface area contributed by atoms with Crippen LogP contribution in [-0.4, -0.2) is 6.73 Å². The summed E-state index contributed by atoms with van der Waals surface area (Å²) in [4.78, 5) is 0. The van der Waals surface area contributed by atoms with E-state index in [2.05, 4.69) is 12.2 Å². The molecule has 0 nitrogen and oxygen atoms in total. The Labute approximate surface area is 65.1 Å². The largest absolute Gasteiger partial charge is 0.326 e. The Bertz CT molecular complexity index is 62.9. The molecule has 0 radical (unpaired) electrons. The molecule has 0 aromatic heterocycles. The van der Waals surface area contributed by atoms with Gasteiger partial charge in [0.2, 0.25) is 0 Å². The maximum atomic E-state index is 4.94. The first-order valence-electron chi connectivity index (χ1n) is 2.30. The third-order valence-electron chi connectivity index (χ3n) is 0.667. The average Bonchev–Trinajstić information content (AvgIpc) is 1.19. The average molecular weight is 190 g/mol. The molecule has 0 fully saturated rings. The highest BCUT2D eigenvalue weighted by molar-refractivity contribution is 7.54. The van der Waals surface area contributed by atoms with Gasteiger partial charge in [0.05, 0.1) is 0 Å². The molecule has 0 unspecified atom stereocenters. The number of hydrogen-bond acceptors (Lipinski definition) is 0. The smallest absolute Gasteiger partial charge is 0.130 e. The van der Waals surface area contributed by atoms with Crippen LogP contribution in [0.3, 0.4) is 0 Å². The van der Waals surface area contributed by atoms with Crippen LogP contribution in [0.4, 0.5) is 0 Å². The number of allylic oxidation sites excluding steroid dienone is 2. The van der Waals surface area contributed by atoms with E-state index in [1.54, 1.807) is 0 Å². The van der Waals surface area contributed by atoms with Crippen molar-refractivity contribution in [2.45, 2.75) is 12.8 Å². The third-order valence-corrected chi connectivity index (χ3v) is 0.667. The predicted octanol–water partition coefficient (Wildman–Crippen LogP) is 2.76. The van der Waals surface area contributed by atoms with Crippen molar-refractivity contribution in [3.05, 3.63) is 12.2 Å². The van der Waals surface area contributed by atoms with Gasteiger partial charge in [0.15, 0.2) is 0 Å². The monoisotopic (exact) mass is 188 g/mol. The Morgan fingerprint density at radius 2 is 1.12 bits per heavy atom. The second-order valence-corrected chi connectivity index (χ2v) is 7.73. The molecule has 1 aliphatic rings. The van der Waals surface area contributed by atoms with Crippen molar-refractivity contribution in [2.24, 2.45) is 0 Å². The summed E-state index contributed by atoms with van der Waals surface area (Å²) in [7, 11) is 0. The molecule has 0 amide bonds. The molecule has 0 saturated carbocycles. The van der Waals surface area contributed by atoms with Crippen LogP contribution in [0.25, 0.3) is 0 Å². The summed E-state index contributed by atoms with van der Waals surface area (Å²) in [5.74, 6) is 0. The molecule has 0 spiro atoms. The number of hydrogen-bond donors (Lipinski definition) is 0. The lowest BCUT2D eigenvalue weighted by atomic mass is 10.1. The Morgan fingerprint density at radius 1 is 1.00 bits per heavy atom. The molecule has 0 atom stereocenters. The zero-order valence-corrected chi connectivity index (χ0v) is 7.70. The zero-order valence-electron chi connectivity index (χ0n) is 4.28. The zero-order chi connectivity index (χ0) is 6.41. The Hall–Kier alpha value is 0.827. The van der Waals surface area contributed by atoms with Gasteiger partial charge in [0.1, 0.15) is 0 Å². The fraction of sp³-hybridized carbons (Fsp3) is 0.500. The third kappa shape index (κ3) is 9.95. The highest BCUT2D eigenvalue weighted by Crippen LogP contribution is 2.01. The van der Waals surface area contributed by atoms with Gasteiger partial charge in [0, 0.05) is 0 Å². The lowest BCUT2D eigenvalue weighted by Gasteiger charge is -1.92. The lowest BCUT2D eigenvalue weighted by Crippen LogP contribution is -1.71. The fourth-order valence-electron chi connectivity index (χ4n) is 0.167. The minimum atomic E-state index is -1.72. The van der Waals surface area contributed by atoms with Crippen LogP contribution in [0.5, 0.6) is 0 Å². The molecular weight excluding hydrogens is 182 g/mol. The van der Waals surface area contributed by atoms with Crippen LogP contribution in [0.15, 0.2) is 12.2 Å². The van der Waals surface area contributed by atoms with Crippen LogP contribution in [0, 0.1) is 0 Å². The first-order chi connectivity index (χ1) is 3.73. The standard InChI is InChI=1S/C4H6.Cl3HSi/c1-2-4-3-1;1-4(2)3/h1-2H,3-4H2;4H. The summed E-state index contributed by atoms with van der Waals surface area (Å²) in [6.45, 7) is -1.72. The van der Waals surface area contributed by atoms with E-state index in [1.807, 2.05) is 0 Å². The van der Waals surface area contributed by atoms with Gasteiger partial charge in [-0.15, -0.1) is 33.2 Å². The second kappa shape index (κ2) is 5.95. The van der Waals surface area contributed by atoms with E-state index < -0.39 is 6.73 Å². The molecule has 48 valence electrons. The Balaban J connectivity index is 0.000000122. The Kier molecular flexibility index (Phi) is 6.57. The molecule has 1 rings (SSSR count). The van der Waals surface area contributed by atoms with Crippen LogP contribution >= 0.6 is 33.2 Å². The molecule has 0 aliphatic heterocycles. The molecule has 0 saturated heterocycles. The van der Waals surface area contributed by atoms with E-state index >= 15 is 0 Å². The molecule has 4 heteroatoms. The molecule has 0 bridgehead atoms. The van der Waals surface area contributed by atoms with Crippen LogP contribution in [0.2, 0.25) is 0 Å². The van der Waals surface area contributed by atoms with Crippen molar-refractivity contribution in [1.82, 2.24) is 0 Å². The molecule has 0 aromatic carbocycles. The second-order valence-electron chi connectivity index (χ2n) is 1.30. The highest BCUT2D eigenvalue weighted by Gasteiger charge is 1.85. The summed E-state index contributed by atoms with van der Waals surface area (Å²) in [5, 5.41) is 0. The van der Waals surface area contributed by atoms with Crippen molar-refractivity contribution >= 4 is 40.0 Å². The van der Waals surface area contributed by atoms with E-state index in [0.29, 0.717) is 0 Å². The van der Waals surface area contributed by atoms with Crippen LogP contribution in [0.1, 0.15) is 12.8 Å². The van der Waals surface area contributed by atoms with E-state index in [4.69, 9.17) is 33.2 Å². The molecule has 0 aromatic rings. The summed E-state index contributed by atoms with van der Waals surface area (Å²) in [5.41, 5.74) is 0. The molecule has 0 heterocycles. The van der Waals surface area contributed by atoms with Gasteiger partial charge >= 0.3 is 6.73 Å². The minimum absolute atomic E-state index is 1.32. The quantitative estimate of drug-likeness (QED) is 0.312. The topological polar surface area (TPSA) is 0 Å². The van der Waals surface area contributed by atoms with Gasteiger partial charge < -0.3 is 0 Å². The van der Waals surface area contributed by atoms with Gasteiger partial charge in [-0.1, -0.05) is 12.2 Å². The van der Waals surface area contributed by atoms with Gasteiger partial charge in [-0.2, -0.15) is 0 Å². The maximum absolute atomic E-state index is 4.94. The highest BCUT2D eigenvalue weighted by atomic mass is 35.8. The van der Waals surface area contributed by atoms with Crippen molar-refractivity contribution in [2.75, 3.05) is 0 Å². The molecule has 1 aliphatic carbocycles. The van der Waals surface area contributed by atoms with Gasteiger partial charge in [-0.05, 0) is 12.8 Å². The summed E-state index contributed by atoms with van der Waals surface area (Å²) in [6, 6.07) is 0. The van der Waals surface area contributed by atoms with Gasteiger partial charge in [-0.25, -0.2) is 0 Å². The van der Waals surface area contributed by atoms with Gasteiger partial charge in [-0.3, -0.25) is 0 Å². The summed E-state index contributed by atoms with van der Waals surface area (Å²) < 4.78 is 0. The van der Waals surface area contributed by atoms with Gasteiger partial charge in [0.25, 0.3) is 0 Å². The molecule has 8 heavy (non-hydrogen) atoms. The van der Waals surface area contributed by atoms with E-state index in [9.17, 15) is 0 Å². The summed E-state index contributed by atoms with van der Waals surface area (Å²) >= 11 is 14.8. The normalized spacial score (nSPS) is 14.5. The lowest BCUT2D eigenvalue weighted by molar-refractivity contribution is 0.962. The first-order valence-corrected chi connectivity index (χ1v) is 7.54. The SMILES string of the molecule is C1=CCC1.Cl[SiH](Cl)Cl. The van der Waals surface area contributed by atoms with Crippen molar-refractivity contribution in [3.63, 3.8) is 0 Å². The number of rotatable bonds is 0. The first kappa shape index (κ1) is 8.83. The minimum Gasteiger partial charge on any atom is -0.130 e. The maximum Gasteiger partial charge on any atom is 0.326 e. The van der Waals surface area contributed by atoms with Crippen molar-refractivity contribution in [1.29, 1.82) is 0 Å². The van der Waals surface area contributed by atoms with E-state index in [-0.39, 0.29) is 0 Å². The predicted molar refractivity (Wildman–Crippen MR) is 43.1 cm³/mol. The van der Waals surface area contributed by atoms with Crippen LogP contribution in [-0.2, 0) is 0 Å². The molecule has 0 N–H and O–H groups in total. The molecular formula is C4H7Cl3Si. The van der Waals surface area contributed by atoms with E-state index in [1.165, 1.54) is 12.8 Å². The van der Waals surface area contributed by atoms with E-state index in [0.717, 1.165) is 0 Å². The Morgan fingerprint density at radius 3 is 1.12 bits per heavy atom. The summed E-state index contributed by atoms with van der Waals surface area (Å²) in [6.07, 6.45) is 7.00. The fourth-order valence-corrected chi connectivity index (χ4v) is 0.167. The van der Waals surface area contributed by atoms with Crippen molar-refractivity contribution < 1.29 is 0 Å². The van der Waals surface area contributed by atoms with Crippen molar-refractivity contribution in [3.8, 4) is 0 Å². The number of halogens is 3.